The number of rotatable bonds is 0. The molecular weight excluding hydrogens is 219 g/mol. The average molecular weight is 222 g/mol. The first-order valence-electron chi connectivity index (χ1n) is 3.55. The summed E-state index contributed by atoms with van der Waals surface area (Å²) >= 11 is 5.50. The number of nitrogens with zero attached hydrogens (tertiary/aromatic N) is 3. The Kier molecular flexibility index (Phi) is 1.88. The molecule has 14 heavy (non-hydrogen) atoms. The van der Waals surface area contributed by atoms with E-state index < -0.39 is 11.9 Å². The third kappa shape index (κ3) is 1.41. The standard InChI is InChI=1S/C7H3ClF3N3/c8-5-1-2-14-4(7(9,10)11)3-12-6(14)13-5/h1-3H. The maximum Gasteiger partial charge on any atom is 0.433 e. The maximum absolute atomic E-state index is 12.3. The van der Waals surface area contributed by atoms with Gasteiger partial charge in [-0.15, -0.1) is 0 Å². The monoisotopic (exact) mass is 221 g/mol. The van der Waals surface area contributed by atoms with Crippen LogP contribution in [0, 0.1) is 0 Å². The maximum atomic E-state index is 12.3. The lowest BCUT2D eigenvalue weighted by molar-refractivity contribution is -0.141. The van der Waals surface area contributed by atoms with Crippen molar-refractivity contribution in [3.63, 3.8) is 0 Å². The molecule has 0 radical (unpaired) electrons. The van der Waals surface area contributed by atoms with Crippen molar-refractivity contribution in [2.24, 2.45) is 0 Å². The van der Waals surface area contributed by atoms with Gasteiger partial charge in [-0.2, -0.15) is 13.2 Å². The minimum Gasteiger partial charge on any atom is -0.280 e. The van der Waals surface area contributed by atoms with Crippen molar-refractivity contribution in [3.8, 4) is 0 Å². The Morgan fingerprint density at radius 1 is 1.36 bits per heavy atom. The van der Waals surface area contributed by atoms with Crippen molar-refractivity contribution in [2.75, 3.05) is 0 Å². The van der Waals surface area contributed by atoms with Crippen molar-refractivity contribution in [1.82, 2.24) is 14.4 Å². The van der Waals surface area contributed by atoms with E-state index >= 15 is 0 Å². The predicted molar refractivity (Wildman–Crippen MR) is 43.0 cm³/mol. The normalized spacial score (nSPS) is 12.3. The molecule has 0 N–H and O–H groups in total. The van der Waals surface area contributed by atoms with Gasteiger partial charge in [0.25, 0.3) is 0 Å². The summed E-state index contributed by atoms with van der Waals surface area (Å²) in [4.78, 5) is 7.12. The summed E-state index contributed by atoms with van der Waals surface area (Å²) in [5.41, 5.74) is -0.864. The molecule has 0 spiro atoms. The largest absolute Gasteiger partial charge is 0.433 e. The zero-order valence-corrected chi connectivity index (χ0v) is 7.34. The lowest BCUT2D eigenvalue weighted by atomic mass is 10.4. The first-order chi connectivity index (χ1) is 6.48. The number of hydrogen-bond acceptors (Lipinski definition) is 2. The first kappa shape index (κ1) is 9.26. The van der Waals surface area contributed by atoms with Crippen LogP contribution in [0.5, 0.6) is 0 Å². The Bertz CT molecular complexity index is 476. The molecular formula is C7H3ClF3N3. The SMILES string of the molecule is FC(F)(F)c1cnc2nc(Cl)ccn12. The molecule has 2 heterocycles. The van der Waals surface area contributed by atoms with Crippen molar-refractivity contribution in [3.05, 3.63) is 29.3 Å². The predicted octanol–water partition coefficient (Wildman–Crippen LogP) is 2.40. The molecule has 2 aromatic rings. The van der Waals surface area contributed by atoms with Gasteiger partial charge in [-0.05, 0) is 6.07 Å². The van der Waals surface area contributed by atoms with Crippen LogP contribution in [-0.2, 0) is 6.18 Å². The highest BCUT2D eigenvalue weighted by Gasteiger charge is 2.34. The van der Waals surface area contributed by atoms with Crippen molar-refractivity contribution < 1.29 is 13.2 Å². The molecule has 0 saturated carbocycles. The number of halogens is 4. The number of hydrogen-bond donors (Lipinski definition) is 0. The minimum absolute atomic E-state index is 0.0650. The van der Waals surface area contributed by atoms with Crippen LogP contribution in [0.1, 0.15) is 5.69 Å². The summed E-state index contributed by atoms with van der Waals surface area (Å²) in [5, 5.41) is 0.108. The van der Waals surface area contributed by atoms with E-state index in [1.165, 1.54) is 12.3 Å². The highest BCUT2D eigenvalue weighted by Crippen LogP contribution is 2.29. The summed E-state index contributed by atoms with van der Waals surface area (Å²) < 4.78 is 37.8. The first-order valence-corrected chi connectivity index (χ1v) is 3.93. The number of alkyl halides is 3. The van der Waals surface area contributed by atoms with Gasteiger partial charge in [-0.3, -0.25) is 4.40 Å². The van der Waals surface area contributed by atoms with E-state index in [0.29, 0.717) is 0 Å². The van der Waals surface area contributed by atoms with E-state index in [1.807, 2.05) is 0 Å². The molecule has 0 aliphatic carbocycles. The van der Waals surface area contributed by atoms with Crippen LogP contribution in [0.4, 0.5) is 13.2 Å². The summed E-state index contributed by atoms with van der Waals surface area (Å²) in [5.74, 6) is -0.0650. The fourth-order valence-corrected chi connectivity index (χ4v) is 1.19. The van der Waals surface area contributed by atoms with E-state index in [-0.39, 0.29) is 10.9 Å². The third-order valence-electron chi connectivity index (χ3n) is 1.64. The van der Waals surface area contributed by atoms with Gasteiger partial charge in [0.1, 0.15) is 10.8 Å². The summed E-state index contributed by atoms with van der Waals surface area (Å²) in [6, 6.07) is 1.27. The van der Waals surface area contributed by atoms with E-state index in [9.17, 15) is 13.2 Å². The van der Waals surface area contributed by atoms with Gasteiger partial charge in [0.05, 0.1) is 6.20 Å². The Hall–Kier alpha value is -1.30. The quantitative estimate of drug-likeness (QED) is 0.640. The third-order valence-corrected chi connectivity index (χ3v) is 1.85. The molecule has 0 fully saturated rings. The average Bonchev–Trinajstić information content (AvgIpc) is 2.45. The van der Waals surface area contributed by atoms with Crippen LogP contribution in [0.15, 0.2) is 18.5 Å². The van der Waals surface area contributed by atoms with Crippen LogP contribution in [-0.4, -0.2) is 14.4 Å². The van der Waals surface area contributed by atoms with Crippen LogP contribution >= 0.6 is 11.6 Å². The van der Waals surface area contributed by atoms with E-state index in [2.05, 4.69) is 9.97 Å². The minimum atomic E-state index is -4.44. The molecule has 0 atom stereocenters. The Morgan fingerprint density at radius 2 is 2.07 bits per heavy atom. The van der Waals surface area contributed by atoms with Crippen LogP contribution < -0.4 is 0 Å². The van der Waals surface area contributed by atoms with Crippen molar-refractivity contribution in [2.45, 2.75) is 6.18 Å². The Balaban J connectivity index is 2.70. The molecule has 0 aliphatic rings. The van der Waals surface area contributed by atoms with Gasteiger partial charge in [0.2, 0.25) is 5.78 Å². The highest BCUT2D eigenvalue weighted by atomic mass is 35.5. The van der Waals surface area contributed by atoms with Gasteiger partial charge in [-0.25, -0.2) is 9.97 Å². The fourth-order valence-electron chi connectivity index (χ4n) is 1.06. The number of imidazole rings is 1. The molecule has 3 nitrogen and oxygen atoms in total. The Morgan fingerprint density at radius 3 is 2.71 bits per heavy atom. The molecule has 74 valence electrons. The summed E-state index contributed by atoms with van der Waals surface area (Å²) in [6.45, 7) is 0. The molecule has 2 aromatic heterocycles. The molecule has 7 heteroatoms. The Labute approximate surface area is 81.2 Å². The van der Waals surface area contributed by atoms with Crippen molar-refractivity contribution >= 4 is 17.4 Å². The number of fused-ring (bicyclic) bond motifs is 1. The second kappa shape index (κ2) is 2.84. The highest BCUT2D eigenvalue weighted by molar-refractivity contribution is 6.29. The van der Waals surface area contributed by atoms with Gasteiger partial charge >= 0.3 is 6.18 Å². The van der Waals surface area contributed by atoms with E-state index in [0.717, 1.165) is 10.6 Å². The lowest BCUT2D eigenvalue weighted by Crippen LogP contribution is -2.08. The zero-order chi connectivity index (χ0) is 10.3. The second-order valence-corrected chi connectivity index (χ2v) is 2.95. The number of aromatic nitrogens is 3. The van der Waals surface area contributed by atoms with Crippen LogP contribution in [0.25, 0.3) is 5.78 Å². The molecule has 0 aromatic carbocycles. The summed E-state index contributed by atoms with van der Waals surface area (Å²) in [6.07, 6.45) is -2.53. The molecule has 0 saturated heterocycles. The topological polar surface area (TPSA) is 30.2 Å². The van der Waals surface area contributed by atoms with Crippen LogP contribution in [0.3, 0.4) is 0 Å². The van der Waals surface area contributed by atoms with Crippen LogP contribution in [0.2, 0.25) is 5.15 Å². The van der Waals surface area contributed by atoms with Crippen molar-refractivity contribution in [1.29, 1.82) is 0 Å². The molecule has 0 amide bonds. The van der Waals surface area contributed by atoms with Gasteiger partial charge in [0.15, 0.2) is 0 Å². The molecule has 2 rings (SSSR count). The van der Waals surface area contributed by atoms with E-state index in [4.69, 9.17) is 11.6 Å². The zero-order valence-electron chi connectivity index (χ0n) is 6.59. The molecule has 0 unspecified atom stereocenters. The lowest BCUT2D eigenvalue weighted by Gasteiger charge is -2.04. The van der Waals surface area contributed by atoms with Gasteiger partial charge in [0, 0.05) is 6.20 Å². The fraction of sp³-hybridized carbons (Fsp3) is 0.143. The van der Waals surface area contributed by atoms with Gasteiger partial charge in [-0.1, -0.05) is 11.6 Å². The molecule has 0 bridgehead atoms. The smallest absolute Gasteiger partial charge is 0.280 e. The second-order valence-electron chi connectivity index (χ2n) is 2.56. The van der Waals surface area contributed by atoms with Gasteiger partial charge < -0.3 is 0 Å². The summed E-state index contributed by atoms with van der Waals surface area (Å²) in [7, 11) is 0. The molecule has 0 aliphatic heterocycles. The van der Waals surface area contributed by atoms with E-state index in [1.54, 1.807) is 0 Å².